The van der Waals surface area contributed by atoms with Crippen molar-refractivity contribution in [3.05, 3.63) is 23.8 Å². The van der Waals surface area contributed by atoms with Crippen molar-refractivity contribution in [2.24, 2.45) is 0 Å². The summed E-state index contributed by atoms with van der Waals surface area (Å²) in [4.78, 5) is 4.72. The van der Waals surface area contributed by atoms with Crippen LogP contribution in [0, 0.1) is 0 Å². The van der Waals surface area contributed by atoms with Gasteiger partial charge in [0.25, 0.3) is 0 Å². The van der Waals surface area contributed by atoms with E-state index in [1.807, 2.05) is 0 Å². The standard InChI is InChI=1S/C17H27N3O2.2ClH/c1-13-10-18-6-8-20(13)15-3-4-17(14(9-15)12-22-2)19-7-5-16(21)11-19;;/h3-4,9,13,16,18,21H,5-8,10-12H2,1-2H3;2*1H/t13-,16-;;/m0../s1. The molecule has 24 heavy (non-hydrogen) atoms. The second-order valence-corrected chi connectivity index (χ2v) is 6.38. The third kappa shape index (κ3) is 4.67. The van der Waals surface area contributed by atoms with E-state index in [0.717, 1.165) is 39.1 Å². The van der Waals surface area contributed by atoms with Crippen LogP contribution < -0.4 is 15.1 Å². The van der Waals surface area contributed by atoms with Crippen molar-refractivity contribution in [1.29, 1.82) is 0 Å². The molecule has 0 spiro atoms. The van der Waals surface area contributed by atoms with Crippen LogP contribution in [0.15, 0.2) is 18.2 Å². The number of aliphatic hydroxyl groups is 1. The van der Waals surface area contributed by atoms with Crippen LogP contribution >= 0.6 is 24.8 Å². The second kappa shape index (κ2) is 9.68. The first kappa shape index (κ1) is 21.3. The highest BCUT2D eigenvalue weighted by Gasteiger charge is 2.24. The molecular formula is C17H29Cl2N3O2. The number of halogens is 2. The molecule has 0 bridgehead atoms. The Morgan fingerprint density at radius 1 is 1.29 bits per heavy atom. The Balaban J connectivity index is 0.00000144. The normalized spacial score (nSPS) is 23.6. The Bertz CT molecular complexity index is 519. The number of nitrogens with zero attached hydrogens (tertiary/aromatic N) is 2. The number of benzene rings is 1. The number of rotatable bonds is 4. The van der Waals surface area contributed by atoms with Gasteiger partial charge in [0.05, 0.1) is 12.7 Å². The van der Waals surface area contributed by atoms with Crippen LogP contribution in [0.3, 0.4) is 0 Å². The molecule has 0 amide bonds. The average molecular weight is 378 g/mol. The van der Waals surface area contributed by atoms with Crippen LogP contribution in [0.1, 0.15) is 18.9 Å². The Morgan fingerprint density at radius 3 is 2.71 bits per heavy atom. The van der Waals surface area contributed by atoms with E-state index in [1.54, 1.807) is 7.11 Å². The Morgan fingerprint density at radius 2 is 2.08 bits per heavy atom. The van der Waals surface area contributed by atoms with E-state index >= 15 is 0 Å². The maximum Gasteiger partial charge on any atom is 0.0734 e. The smallest absolute Gasteiger partial charge is 0.0734 e. The zero-order chi connectivity index (χ0) is 15.5. The van der Waals surface area contributed by atoms with Gasteiger partial charge in [-0.3, -0.25) is 0 Å². The molecule has 2 aliphatic heterocycles. The summed E-state index contributed by atoms with van der Waals surface area (Å²) in [6, 6.07) is 7.16. The molecule has 2 saturated heterocycles. The lowest BCUT2D eigenvalue weighted by atomic mass is 10.1. The number of hydrogen-bond donors (Lipinski definition) is 2. The van der Waals surface area contributed by atoms with E-state index in [4.69, 9.17) is 4.74 Å². The van der Waals surface area contributed by atoms with Gasteiger partial charge >= 0.3 is 0 Å². The molecule has 1 aromatic rings. The maximum absolute atomic E-state index is 9.79. The minimum absolute atomic E-state index is 0. The van der Waals surface area contributed by atoms with Gasteiger partial charge < -0.3 is 25.0 Å². The highest BCUT2D eigenvalue weighted by molar-refractivity contribution is 5.85. The zero-order valence-electron chi connectivity index (χ0n) is 14.4. The SMILES string of the molecule is COCc1cc(N2CCNC[C@@H]2C)ccc1N1CC[C@H](O)C1.Cl.Cl. The molecule has 5 nitrogen and oxygen atoms in total. The number of anilines is 2. The van der Waals surface area contributed by atoms with Crippen LogP contribution in [0.25, 0.3) is 0 Å². The molecule has 138 valence electrons. The summed E-state index contributed by atoms with van der Waals surface area (Å²) >= 11 is 0. The largest absolute Gasteiger partial charge is 0.391 e. The summed E-state index contributed by atoms with van der Waals surface area (Å²) in [5.74, 6) is 0. The van der Waals surface area contributed by atoms with Crippen molar-refractivity contribution < 1.29 is 9.84 Å². The second-order valence-electron chi connectivity index (χ2n) is 6.38. The molecule has 7 heteroatoms. The summed E-state index contributed by atoms with van der Waals surface area (Å²) in [5, 5.41) is 13.2. The molecule has 0 saturated carbocycles. The van der Waals surface area contributed by atoms with Crippen molar-refractivity contribution in [2.75, 3.05) is 49.6 Å². The van der Waals surface area contributed by atoms with Crippen LogP contribution in [0.2, 0.25) is 0 Å². The first-order chi connectivity index (χ1) is 10.7. The van der Waals surface area contributed by atoms with Gasteiger partial charge in [-0.2, -0.15) is 0 Å². The van der Waals surface area contributed by atoms with Crippen molar-refractivity contribution >= 4 is 36.2 Å². The van der Waals surface area contributed by atoms with E-state index in [2.05, 4.69) is 40.2 Å². The third-order valence-corrected chi connectivity index (χ3v) is 4.70. The van der Waals surface area contributed by atoms with Gasteiger partial charge in [0, 0.05) is 62.8 Å². The lowest BCUT2D eigenvalue weighted by Gasteiger charge is -2.36. The molecule has 1 aromatic carbocycles. The minimum Gasteiger partial charge on any atom is -0.391 e. The minimum atomic E-state index is -0.205. The van der Waals surface area contributed by atoms with Gasteiger partial charge in [-0.15, -0.1) is 24.8 Å². The Labute approximate surface area is 157 Å². The van der Waals surface area contributed by atoms with E-state index < -0.39 is 0 Å². The van der Waals surface area contributed by atoms with Crippen molar-refractivity contribution in [2.45, 2.75) is 32.1 Å². The fourth-order valence-electron chi connectivity index (χ4n) is 3.52. The van der Waals surface area contributed by atoms with Crippen LogP contribution in [-0.4, -0.2) is 57.1 Å². The van der Waals surface area contributed by atoms with Gasteiger partial charge in [-0.1, -0.05) is 0 Å². The zero-order valence-corrected chi connectivity index (χ0v) is 16.0. The predicted octanol–water partition coefficient (Wildman–Crippen LogP) is 2.05. The molecule has 0 aliphatic carbocycles. The summed E-state index contributed by atoms with van der Waals surface area (Å²) in [6.45, 7) is 7.60. The number of ether oxygens (including phenoxy) is 1. The fraction of sp³-hybridized carbons (Fsp3) is 0.647. The molecule has 0 aromatic heterocycles. The monoisotopic (exact) mass is 377 g/mol. The fourth-order valence-corrected chi connectivity index (χ4v) is 3.52. The predicted molar refractivity (Wildman–Crippen MR) is 104 cm³/mol. The average Bonchev–Trinajstić information content (AvgIpc) is 2.94. The maximum atomic E-state index is 9.79. The molecule has 3 rings (SSSR count). The molecule has 0 unspecified atom stereocenters. The molecule has 0 radical (unpaired) electrons. The first-order valence-electron chi connectivity index (χ1n) is 8.21. The van der Waals surface area contributed by atoms with Gasteiger partial charge in [-0.25, -0.2) is 0 Å². The van der Waals surface area contributed by atoms with E-state index in [1.165, 1.54) is 16.9 Å². The summed E-state index contributed by atoms with van der Waals surface area (Å²) < 4.78 is 5.40. The van der Waals surface area contributed by atoms with Crippen LogP contribution in [0.4, 0.5) is 11.4 Å². The van der Waals surface area contributed by atoms with E-state index in [9.17, 15) is 5.11 Å². The molecule has 2 atom stereocenters. The Kier molecular flexibility index (Phi) is 8.60. The first-order valence-corrected chi connectivity index (χ1v) is 8.21. The number of nitrogens with one attached hydrogen (secondary N) is 1. The van der Waals surface area contributed by atoms with E-state index in [0.29, 0.717) is 12.6 Å². The highest BCUT2D eigenvalue weighted by atomic mass is 35.5. The quantitative estimate of drug-likeness (QED) is 0.840. The van der Waals surface area contributed by atoms with Crippen LogP contribution in [-0.2, 0) is 11.3 Å². The van der Waals surface area contributed by atoms with Crippen molar-refractivity contribution in [3.63, 3.8) is 0 Å². The number of aliphatic hydroxyl groups excluding tert-OH is 1. The van der Waals surface area contributed by atoms with Gasteiger partial charge in [0.1, 0.15) is 0 Å². The van der Waals surface area contributed by atoms with E-state index in [-0.39, 0.29) is 30.9 Å². The number of β-amino-alcohol motifs (C(OH)–C–C–N with tert-alkyl or cyclic N) is 1. The molecular weight excluding hydrogens is 349 g/mol. The van der Waals surface area contributed by atoms with Gasteiger partial charge in [0.15, 0.2) is 0 Å². The molecule has 2 fully saturated rings. The topological polar surface area (TPSA) is 48.0 Å². The van der Waals surface area contributed by atoms with Crippen molar-refractivity contribution in [3.8, 4) is 0 Å². The number of methoxy groups -OCH3 is 1. The summed E-state index contributed by atoms with van der Waals surface area (Å²) in [7, 11) is 1.74. The molecule has 2 heterocycles. The summed E-state index contributed by atoms with van der Waals surface area (Å²) in [5.41, 5.74) is 3.68. The third-order valence-electron chi connectivity index (χ3n) is 4.70. The molecule has 2 aliphatic rings. The van der Waals surface area contributed by atoms with Gasteiger partial charge in [0.2, 0.25) is 0 Å². The van der Waals surface area contributed by atoms with Crippen molar-refractivity contribution in [1.82, 2.24) is 5.32 Å². The Hall–Kier alpha value is -0.720. The number of piperazine rings is 1. The lowest BCUT2D eigenvalue weighted by molar-refractivity contribution is 0.185. The number of hydrogen-bond acceptors (Lipinski definition) is 5. The highest BCUT2D eigenvalue weighted by Crippen LogP contribution is 2.30. The van der Waals surface area contributed by atoms with Crippen LogP contribution in [0.5, 0.6) is 0 Å². The van der Waals surface area contributed by atoms with Gasteiger partial charge in [-0.05, 0) is 31.5 Å². The molecule has 2 N–H and O–H groups in total. The lowest BCUT2D eigenvalue weighted by Crippen LogP contribution is -2.49. The summed E-state index contributed by atoms with van der Waals surface area (Å²) in [6.07, 6.45) is 0.645.